The lowest BCUT2D eigenvalue weighted by Crippen LogP contribution is -2.58. The lowest BCUT2D eigenvalue weighted by molar-refractivity contribution is -0.156. The number of aliphatic hydroxyl groups is 1. The van der Waals surface area contributed by atoms with E-state index in [2.05, 4.69) is 13.2 Å². The Labute approximate surface area is 214 Å². The van der Waals surface area contributed by atoms with Gasteiger partial charge < -0.3 is 19.6 Å². The molecule has 196 valence electrons. The molecule has 3 rings (SSSR count). The van der Waals surface area contributed by atoms with Crippen molar-refractivity contribution in [2.75, 3.05) is 19.8 Å². The van der Waals surface area contributed by atoms with Crippen LogP contribution in [0.25, 0.3) is 0 Å². The van der Waals surface area contributed by atoms with Crippen LogP contribution >= 0.6 is 11.8 Å². The number of allylic oxidation sites excluding steroid dienone is 1. The van der Waals surface area contributed by atoms with E-state index in [1.165, 1.54) is 0 Å². The Bertz CT molecular complexity index is 843. The van der Waals surface area contributed by atoms with Crippen molar-refractivity contribution in [3.05, 3.63) is 25.3 Å². The SMILES string of the molecule is C=CCCCCOC(=O)[C@H]1[C@H]2C(=O)N([C@@H](CC)CO)C(C(=O)N(CC=C)C(C)C)C23CC[C@]1(C)S3. The minimum absolute atomic E-state index is 0.0716. The Hall–Kier alpha value is -1.80. The highest BCUT2D eigenvalue weighted by atomic mass is 32.2. The first-order chi connectivity index (χ1) is 16.6. The van der Waals surface area contributed by atoms with Gasteiger partial charge >= 0.3 is 5.97 Å². The van der Waals surface area contributed by atoms with Crippen LogP contribution in [-0.4, -0.2) is 80.1 Å². The van der Waals surface area contributed by atoms with E-state index in [-0.39, 0.29) is 30.4 Å². The van der Waals surface area contributed by atoms with Crippen LogP contribution in [0.4, 0.5) is 0 Å². The van der Waals surface area contributed by atoms with Crippen molar-refractivity contribution < 1.29 is 24.2 Å². The summed E-state index contributed by atoms with van der Waals surface area (Å²) in [6.45, 7) is 15.9. The predicted molar refractivity (Wildman–Crippen MR) is 139 cm³/mol. The molecule has 3 fully saturated rings. The average Bonchev–Trinajstić information content (AvgIpc) is 3.38. The highest BCUT2D eigenvalue weighted by Gasteiger charge is 2.78. The molecule has 3 saturated heterocycles. The first-order valence-electron chi connectivity index (χ1n) is 13.0. The quantitative estimate of drug-likeness (QED) is 0.234. The van der Waals surface area contributed by atoms with Crippen LogP contribution in [0.3, 0.4) is 0 Å². The number of hydrogen-bond acceptors (Lipinski definition) is 6. The van der Waals surface area contributed by atoms with Gasteiger partial charge in [-0.2, -0.15) is 0 Å². The molecule has 2 amide bonds. The molecule has 1 spiro atoms. The molecule has 8 heteroatoms. The number of likely N-dealkylation sites (tertiary alicyclic amines) is 1. The molecule has 0 aromatic carbocycles. The Balaban J connectivity index is 1.99. The number of unbranched alkanes of at least 4 members (excludes halogenated alkanes) is 2. The summed E-state index contributed by atoms with van der Waals surface area (Å²) in [4.78, 5) is 45.0. The summed E-state index contributed by atoms with van der Waals surface area (Å²) in [5.74, 6) is -1.89. The van der Waals surface area contributed by atoms with E-state index in [1.54, 1.807) is 27.6 Å². The fourth-order valence-electron chi connectivity index (χ4n) is 6.31. The molecule has 2 bridgehead atoms. The van der Waals surface area contributed by atoms with Crippen LogP contribution in [0, 0.1) is 11.8 Å². The molecular weight excluding hydrogens is 464 g/mol. The van der Waals surface area contributed by atoms with Gasteiger partial charge in [0, 0.05) is 17.3 Å². The van der Waals surface area contributed by atoms with Crippen molar-refractivity contribution in [3.63, 3.8) is 0 Å². The lowest BCUT2D eigenvalue weighted by atomic mass is 9.66. The molecule has 0 radical (unpaired) electrons. The number of amides is 2. The first kappa shape index (κ1) is 27.8. The summed E-state index contributed by atoms with van der Waals surface area (Å²) < 4.78 is 4.54. The minimum atomic E-state index is -0.725. The van der Waals surface area contributed by atoms with Crippen LogP contribution in [0.2, 0.25) is 0 Å². The van der Waals surface area contributed by atoms with Crippen molar-refractivity contribution in [3.8, 4) is 0 Å². The van der Waals surface area contributed by atoms with Crippen LogP contribution in [0.15, 0.2) is 25.3 Å². The number of rotatable bonds is 13. The van der Waals surface area contributed by atoms with Crippen molar-refractivity contribution >= 4 is 29.5 Å². The minimum Gasteiger partial charge on any atom is -0.465 e. The summed E-state index contributed by atoms with van der Waals surface area (Å²) in [5.41, 5.74) is 0. The largest absolute Gasteiger partial charge is 0.465 e. The Morgan fingerprint density at radius 1 is 1.29 bits per heavy atom. The maximum Gasteiger partial charge on any atom is 0.311 e. The third-order valence-corrected chi connectivity index (χ3v) is 10.0. The number of esters is 1. The second-order valence-corrected chi connectivity index (χ2v) is 12.4. The molecule has 3 aliphatic rings. The number of hydrogen-bond donors (Lipinski definition) is 1. The maximum absolute atomic E-state index is 14.1. The first-order valence-corrected chi connectivity index (χ1v) is 13.8. The predicted octanol–water partition coefficient (Wildman–Crippen LogP) is 3.56. The monoisotopic (exact) mass is 506 g/mol. The Morgan fingerprint density at radius 3 is 2.57 bits per heavy atom. The van der Waals surface area contributed by atoms with Crippen molar-refractivity contribution in [2.45, 2.75) is 93.8 Å². The van der Waals surface area contributed by atoms with Gasteiger partial charge in [0.15, 0.2) is 0 Å². The average molecular weight is 507 g/mol. The molecule has 0 aliphatic carbocycles. The number of carbonyl (C=O) groups excluding carboxylic acids is 3. The van der Waals surface area contributed by atoms with E-state index < -0.39 is 33.4 Å². The zero-order valence-electron chi connectivity index (χ0n) is 21.7. The van der Waals surface area contributed by atoms with Crippen molar-refractivity contribution in [2.24, 2.45) is 11.8 Å². The highest BCUT2D eigenvalue weighted by molar-refractivity contribution is 8.02. The summed E-state index contributed by atoms with van der Waals surface area (Å²) in [6.07, 6.45) is 8.01. The fraction of sp³-hybridized carbons (Fsp3) is 0.741. The van der Waals surface area contributed by atoms with E-state index in [0.717, 1.165) is 25.7 Å². The van der Waals surface area contributed by atoms with Crippen molar-refractivity contribution in [1.29, 1.82) is 0 Å². The van der Waals surface area contributed by atoms with Crippen LogP contribution in [0.1, 0.15) is 66.2 Å². The molecule has 0 saturated carbocycles. The molecule has 1 N–H and O–H groups in total. The van der Waals surface area contributed by atoms with Gasteiger partial charge in [0.05, 0.1) is 35.8 Å². The molecule has 0 aromatic rings. The summed E-state index contributed by atoms with van der Waals surface area (Å²) >= 11 is 1.63. The van der Waals surface area contributed by atoms with Gasteiger partial charge in [-0.1, -0.05) is 19.1 Å². The van der Waals surface area contributed by atoms with Crippen LogP contribution in [-0.2, 0) is 19.1 Å². The number of thioether (sulfide) groups is 1. The van der Waals surface area contributed by atoms with Gasteiger partial charge in [-0.3, -0.25) is 14.4 Å². The molecule has 3 heterocycles. The summed E-state index contributed by atoms with van der Waals surface area (Å²) in [6, 6.07) is -1.27. The molecule has 3 aliphatic heterocycles. The highest BCUT2D eigenvalue weighted by Crippen LogP contribution is 2.71. The van der Waals surface area contributed by atoms with Gasteiger partial charge in [-0.15, -0.1) is 24.9 Å². The van der Waals surface area contributed by atoms with Gasteiger partial charge in [0.1, 0.15) is 6.04 Å². The maximum atomic E-state index is 14.1. The number of aliphatic hydroxyl groups excluding tert-OH is 1. The Kier molecular flexibility index (Phi) is 8.79. The van der Waals surface area contributed by atoms with Gasteiger partial charge in [0.25, 0.3) is 0 Å². The topological polar surface area (TPSA) is 87.1 Å². The fourth-order valence-corrected chi connectivity index (χ4v) is 8.64. The van der Waals surface area contributed by atoms with Crippen molar-refractivity contribution in [1.82, 2.24) is 9.80 Å². The zero-order valence-corrected chi connectivity index (χ0v) is 22.5. The number of carbonyl (C=O) groups is 3. The van der Waals surface area contributed by atoms with Crippen LogP contribution < -0.4 is 0 Å². The molecule has 6 atom stereocenters. The van der Waals surface area contributed by atoms with E-state index >= 15 is 0 Å². The summed E-state index contributed by atoms with van der Waals surface area (Å²) in [7, 11) is 0. The number of fused-ring (bicyclic) bond motifs is 1. The van der Waals surface area contributed by atoms with E-state index in [4.69, 9.17) is 4.74 Å². The number of nitrogens with zero attached hydrogens (tertiary/aromatic N) is 2. The van der Waals surface area contributed by atoms with Crippen LogP contribution in [0.5, 0.6) is 0 Å². The second-order valence-electron chi connectivity index (χ2n) is 10.5. The smallest absolute Gasteiger partial charge is 0.311 e. The third kappa shape index (κ3) is 4.68. The van der Waals surface area contributed by atoms with Gasteiger partial charge in [0.2, 0.25) is 11.8 Å². The normalized spacial score (nSPS) is 32.0. The molecule has 0 aromatic heterocycles. The second kappa shape index (κ2) is 11.1. The Morgan fingerprint density at radius 2 is 2.00 bits per heavy atom. The lowest BCUT2D eigenvalue weighted by Gasteiger charge is -2.40. The van der Waals surface area contributed by atoms with E-state index in [1.807, 2.05) is 33.8 Å². The summed E-state index contributed by atoms with van der Waals surface area (Å²) in [5, 5.41) is 10.2. The van der Waals surface area contributed by atoms with Gasteiger partial charge in [-0.25, -0.2) is 0 Å². The third-order valence-electron chi connectivity index (χ3n) is 8.06. The number of ether oxygens (including phenoxy) is 1. The molecule has 7 nitrogen and oxygen atoms in total. The molecular formula is C27H42N2O5S. The van der Waals surface area contributed by atoms with Gasteiger partial charge in [-0.05, 0) is 59.3 Å². The molecule has 35 heavy (non-hydrogen) atoms. The standard InChI is InChI=1S/C27H42N2O5S/c1-7-10-11-12-16-34-25(33)21-20-23(31)29(19(9-3)17-30)22(24(32)28(15-8-2)18(4)5)27(20)14-13-26(21,6)35-27/h7-8,18-22,30H,1-2,9-17H2,3-6H3/t19-,20-,21+,22?,26-,27?/m0/s1. The molecule has 2 unspecified atom stereocenters. The van der Waals surface area contributed by atoms with E-state index in [0.29, 0.717) is 26.0 Å². The van der Waals surface area contributed by atoms with E-state index in [9.17, 15) is 19.5 Å². The zero-order chi connectivity index (χ0) is 26.0.